The van der Waals surface area contributed by atoms with Gasteiger partial charge in [0.1, 0.15) is 0 Å². The Morgan fingerprint density at radius 3 is 1.76 bits per heavy atom. The second-order valence-electron chi connectivity index (χ2n) is 9.79. The molecule has 1 aromatic rings. The highest BCUT2D eigenvalue weighted by Crippen LogP contribution is 2.27. The van der Waals surface area contributed by atoms with Crippen LogP contribution >= 0.6 is 0 Å². The van der Waals surface area contributed by atoms with Gasteiger partial charge in [0.2, 0.25) is 0 Å². The number of rotatable bonds is 13. The first kappa shape index (κ1) is 25.2. The summed E-state index contributed by atoms with van der Waals surface area (Å²) in [5, 5.41) is 18.4. The second-order valence-corrected chi connectivity index (χ2v) is 9.79. The molecule has 1 aromatic carbocycles. The summed E-state index contributed by atoms with van der Waals surface area (Å²) in [5.41, 5.74) is 4.19. The number of aryl methyl sites for hydroxylation is 2. The molecule has 0 unspecified atom stereocenters. The lowest BCUT2D eigenvalue weighted by Crippen LogP contribution is -2.23. The molecule has 0 aromatic heterocycles. The standard InChI is InChI=1S/C25H40O4/c1-18-14-15-20(12-9-11-17-25(5,6)23(28)29)19(2)21(18)13-8-7-10-16-24(3,4)22(26)27/h14-15H,7-13,16-17H2,1-6H3,(H,26,27)(H,28,29). The Kier molecular flexibility index (Phi) is 9.38. The SMILES string of the molecule is Cc1ccc(CCCCC(C)(C)C(=O)O)c(C)c1CCCCCC(C)(C)C(=O)O. The lowest BCUT2D eigenvalue weighted by Gasteiger charge is -2.19. The van der Waals surface area contributed by atoms with Crippen molar-refractivity contribution in [2.75, 3.05) is 0 Å². The molecule has 0 saturated heterocycles. The van der Waals surface area contributed by atoms with Crippen LogP contribution in [0.4, 0.5) is 0 Å². The molecule has 2 N–H and O–H groups in total. The number of hydrogen-bond donors (Lipinski definition) is 2. The summed E-state index contributed by atoms with van der Waals surface area (Å²) in [5.74, 6) is -1.44. The van der Waals surface area contributed by atoms with E-state index in [0.29, 0.717) is 12.8 Å². The first-order valence-corrected chi connectivity index (χ1v) is 10.9. The number of unbranched alkanes of at least 4 members (excludes halogenated alkanes) is 3. The zero-order valence-corrected chi connectivity index (χ0v) is 19.2. The van der Waals surface area contributed by atoms with Crippen LogP contribution in [-0.4, -0.2) is 22.2 Å². The molecule has 164 valence electrons. The zero-order valence-electron chi connectivity index (χ0n) is 19.2. The number of hydrogen-bond acceptors (Lipinski definition) is 2. The third kappa shape index (κ3) is 7.83. The van der Waals surface area contributed by atoms with E-state index in [-0.39, 0.29) is 0 Å². The molecule has 0 atom stereocenters. The summed E-state index contributed by atoms with van der Waals surface area (Å²) in [6.07, 6.45) is 8.42. The van der Waals surface area contributed by atoms with Crippen LogP contribution in [0.5, 0.6) is 0 Å². The van der Waals surface area contributed by atoms with Gasteiger partial charge in [0.05, 0.1) is 10.8 Å². The first-order valence-electron chi connectivity index (χ1n) is 10.9. The van der Waals surface area contributed by atoms with Gasteiger partial charge in [0, 0.05) is 0 Å². The van der Waals surface area contributed by atoms with Crippen molar-refractivity contribution in [2.45, 2.75) is 99.3 Å². The molecule has 0 bridgehead atoms. The van der Waals surface area contributed by atoms with Gasteiger partial charge in [-0.05, 0) is 102 Å². The topological polar surface area (TPSA) is 74.6 Å². The van der Waals surface area contributed by atoms with Crippen molar-refractivity contribution in [3.05, 3.63) is 34.4 Å². The molecule has 0 fully saturated rings. The van der Waals surface area contributed by atoms with Crippen LogP contribution in [0.2, 0.25) is 0 Å². The molecule has 29 heavy (non-hydrogen) atoms. The molecule has 0 heterocycles. The first-order chi connectivity index (χ1) is 13.4. The van der Waals surface area contributed by atoms with Gasteiger partial charge in [0.15, 0.2) is 0 Å². The lowest BCUT2D eigenvalue weighted by molar-refractivity contribution is -0.148. The van der Waals surface area contributed by atoms with Crippen LogP contribution in [0, 0.1) is 24.7 Å². The largest absolute Gasteiger partial charge is 0.481 e. The van der Waals surface area contributed by atoms with Crippen molar-refractivity contribution in [1.29, 1.82) is 0 Å². The fourth-order valence-corrected chi connectivity index (χ4v) is 3.74. The monoisotopic (exact) mass is 404 g/mol. The zero-order chi connectivity index (χ0) is 22.2. The Balaban J connectivity index is 2.54. The maximum atomic E-state index is 11.2. The van der Waals surface area contributed by atoms with Crippen molar-refractivity contribution in [3.63, 3.8) is 0 Å². The maximum absolute atomic E-state index is 11.2. The Morgan fingerprint density at radius 1 is 0.759 bits per heavy atom. The van der Waals surface area contributed by atoms with Gasteiger partial charge < -0.3 is 10.2 Å². The Hall–Kier alpha value is -1.84. The average Bonchev–Trinajstić information content (AvgIpc) is 2.62. The van der Waals surface area contributed by atoms with E-state index in [1.54, 1.807) is 27.7 Å². The summed E-state index contributed by atoms with van der Waals surface area (Å²) in [4.78, 5) is 22.4. The van der Waals surface area contributed by atoms with Crippen LogP contribution in [0.25, 0.3) is 0 Å². The summed E-state index contributed by atoms with van der Waals surface area (Å²) in [7, 11) is 0. The minimum absolute atomic E-state index is 0.638. The molecule has 1 rings (SSSR count). The molecule has 0 saturated carbocycles. The lowest BCUT2D eigenvalue weighted by atomic mass is 9.85. The highest BCUT2D eigenvalue weighted by atomic mass is 16.4. The predicted molar refractivity (Wildman–Crippen MR) is 118 cm³/mol. The Labute approximate surface area is 176 Å². The van der Waals surface area contributed by atoms with Crippen molar-refractivity contribution in [1.82, 2.24) is 0 Å². The molecular weight excluding hydrogens is 364 g/mol. The number of aliphatic carboxylic acids is 2. The molecule has 0 aliphatic rings. The molecule has 0 aliphatic heterocycles. The predicted octanol–water partition coefficient (Wildman–Crippen LogP) is 6.34. The van der Waals surface area contributed by atoms with Gasteiger partial charge in [-0.25, -0.2) is 0 Å². The van der Waals surface area contributed by atoms with Crippen LogP contribution in [-0.2, 0) is 22.4 Å². The fourth-order valence-electron chi connectivity index (χ4n) is 3.74. The highest BCUT2D eigenvalue weighted by molar-refractivity contribution is 5.73. The smallest absolute Gasteiger partial charge is 0.309 e. The van der Waals surface area contributed by atoms with E-state index in [9.17, 15) is 19.8 Å². The summed E-state index contributed by atoms with van der Waals surface area (Å²) >= 11 is 0. The second kappa shape index (κ2) is 10.8. The third-order valence-electron chi connectivity index (χ3n) is 6.33. The van der Waals surface area contributed by atoms with Gasteiger partial charge in [-0.2, -0.15) is 0 Å². The van der Waals surface area contributed by atoms with E-state index < -0.39 is 22.8 Å². The third-order valence-corrected chi connectivity index (χ3v) is 6.33. The minimum Gasteiger partial charge on any atom is -0.481 e. The summed E-state index contributed by atoms with van der Waals surface area (Å²) in [6.45, 7) is 11.5. The number of carboxylic acids is 2. The van der Waals surface area contributed by atoms with Crippen LogP contribution in [0.15, 0.2) is 12.1 Å². The van der Waals surface area contributed by atoms with Gasteiger partial charge in [-0.15, -0.1) is 0 Å². The van der Waals surface area contributed by atoms with Crippen LogP contribution in [0.1, 0.15) is 94.9 Å². The summed E-state index contributed by atoms with van der Waals surface area (Å²) < 4.78 is 0. The highest BCUT2D eigenvalue weighted by Gasteiger charge is 2.26. The van der Waals surface area contributed by atoms with E-state index in [4.69, 9.17) is 0 Å². The number of carboxylic acid groups (broad SMARTS) is 2. The van der Waals surface area contributed by atoms with Crippen molar-refractivity contribution >= 4 is 11.9 Å². The molecule has 0 radical (unpaired) electrons. The van der Waals surface area contributed by atoms with E-state index in [2.05, 4.69) is 26.0 Å². The molecule has 4 heteroatoms. The average molecular weight is 405 g/mol. The Bertz CT molecular complexity index is 701. The number of benzene rings is 1. The van der Waals surface area contributed by atoms with E-state index in [1.807, 2.05) is 0 Å². The van der Waals surface area contributed by atoms with Crippen molar-refractivity contribution < 1.29 is 19.8 Å². The fraction of sp³-hybridized carbons (Fsp3) is 0.680. The van der Waals surface area contributed by atoms with Gasteiger partial charge in [0.25, 0.3) is 0 Å². The Morgan fingerprint density at radius 2 is 1.24 bits per heavy atom. The quantitative estimate of drug-likeness (QED) is 0.376. The molecular formula is C25H40O4. The van der Waals surface area contributed by atoms with Crippen molar-refractivity contribution in [2.24, 2.45) is 10.8 Å². The minimum atomic E-state index is -0.724. The maximum Gasteiger partial charge on any atom is 0.309 e. The van der Waals surface area contributed by atoms with Gasteiger partial charge >= 0.3 is 11.9 Å². The molecule has 4 nitrogen and oxygen atoms in total. The molecule has 0 spiro atoms. The number of carbonyl (C=O) groups is 2. The van der Waals surface area contributed by atoms with E-state index >= 15 is 0 Å². The van der Waals surface area contributed by atoms with Gasteiger partial charge in [-0.3, -0.25) is 9.59 Å². The molecule has 0 amide bonds. The van der Waals surface area contributed by atoms with Crippen molar-refractivity contribution in [3.8, 4) is 0 Å². The van der Waals surface area contributed by atoms with Gasteiger partial charge in [-0.1, -0.05) is 31.4 Å². The van der Waals surface area contributed by atoms with E-state index in [0.717, 1.165) is 44.9 Å². The van der Waals surface area contributed by atoms with E-state index in [1.165, 1.54) is 22.3 Å². The van der Waals surface area contributed by atoms with Crippen LogP contribution < -0.4 is 0 Å². The van der Waals surface area contributed by atoms with Crippen LogP contribution in [0.3, 0.4) is 0 Å². The normalized spacial score (nSPS) is 12.2. The summed E-state index contributed by atoms with van der Waals surface area (Å²) in [6, 6.07) is 4.41. The molecule has 0 aliphatic carbocycles.